The van der Waals surface area contributed by atoms with Gasteiger partial charge in [-0.05, 0) is 24.1 Å². The summed E-state index contributed by atoms with van der Waals surface area (Å²) in [5, 5.41) is 3.36. The third kappa shape index (κ3) is 2.53. The minimum atomic E-state index is -0.179. The monoisotopic (exact) mass is 195 g/mol. The molecule has 1 aliphatic heterocycles. The highest BCUT2D eigenvalue weighted by Crippen LogP contribution is 2.07. The SMILES string of the molecule is Fc1ccc(C[C@H]2COCCN2)cc1. The van der Waals surface area contributed by atoms with Gasteiger partial charge < -0.3 is 10.1 Å². The zero-order chi connectivity index (χ0) is 9.80. The van der Waals surface area contributed by atoms with E-state index in [0.29, 0.717) is 6.04 Å². The molecule has 1 heterocycles. The van der Waals surface area contributed by atoms with Crippen LogP contribution in [0.4, 0.5) is 4.39 Å². The lowest BCUT2D eigenvalue weighted by Crippen LogP contribution is -2.42. The number of ether oxygens (including phenoxy) is 1. The van der Waals surface area contributed by atoms with Gasteiger partial charge in [0.05, 0.1) is 13.2 Å². The molecule has 76 valence electrons. The van der Waals surface area contributed by atoms with E-state index >= 15 is 0 Å². The van der Waals surface area contributed by atoms with Gasteiger partial charge >= 0.3 is 0 Å². The molecule has 1 fully saturated rings. The number of nitrogens with one attached hydrogen (secondary N) is 1. The first-order valence-corrected chi connectivity index (χ1v) is 4.90. The van der Waals surface area contributed by atoms with E-state index in [9.17, 15) is 4.39 Å². The Morgan fingerprint density at radius 1 is 1.36 bits per heavy atom. The smallest absolute Gasteiger partial charge is 0.123 e. The predicted molar refractivity (Wildman–Crippen MR) is 52.7 cm³/mol. The van der Waals surface area contributed by atoms with E-state index in [4.69, 9.17) is 4.74 Å². The van der Waals surface area contributed by atoms with Crippen LogP contribution in [-0.2, 0) is 11.2 Å². The maximum atomic E-state index is 12.6. The van der Waals surface area contributed by atoms with Crippen molar-refractivity contribution in [2.75, 3.05) is 19.8 Å². The fourth-order valence-corrected chi connectivity index (χ4v) is 1.66. The molecule has 1 saturated heterocycles. The fourth-order valence-electron chi connectivity index (χ4n) is 1.66. The van der Waals surface area contributed by atoms with E-state index in [2.05, 4.69) is 5.32 Å². The first-order valence-electron chi connectivity index (χ1n) is 4.90. The third-order valence-corrected chi connectivity index (χ3v) is 2.39. The molecule has 1 N–H and O–H groups in total. The number of morpholine rings is 1. The average molecular weight is 195 g/mol. The highest BCUT2D eigenvalue weighted by atomic mass is 19.1. The molecule has 0 spiro atoms. The first kappa shape index (κ1) is 9.62. The molecule has 2 rings (SSSR count). The largest absolute Gasteiger partial charge is 0.379 e. The van der Waals surface area contributed by atoms with Gasteiger partial charge in [0.1, 0.15) is 5.82 Å². The lowest BCUT2D eigenvalue weighted by molar-refractivity contribution is 0.0770. The summed E-state index contributed by atoms with van der Waals surface area (Å²) in [7, 11) is 0. The fraction of sp³-hybridized carbons (Fsp3) is 0.455. The van der Waals surface area contributed by atoms with Crippen LogP contribution in [0.5, 0.6) is 0 Å². The molecule has 0 aromatic heterocycles. The zero-order valence-electron chi connectivity index (χ0n) is 8.00. The molecular formula is C11H14FNO. The molecule has 2 nitrogen and oxygen atoms in total. The van der Waals surface area contributed by atoms with Gasteiger partial charge in [0.15, 0.2) is 0 Å². The van der Waals surface area contributed by atoms with Crippen molar-refractivity contribution in [3.8, 4) is 0 Å². The van der Waals surface area contributed by atoms with E-state index in [0.717, 1.165) is 31.7 Å². The van der Waals surface area contributed by atoms with E-state index in [1.807, 2.05) is 12.1 Å². The predicted octanol–water partition coefficient (Wildman–Crippen LogP) is 1.36. The summed E-state index contributed by atoms with van der Waals surface area (Å²) in [5.41, 5.74) is 1.15. The number of hydrogen-bond acceptors (Lipinski definition) is 2. The van der Waals surface area contributed by atoms with Gasteiger partial charge in [0.25, 0.3) is 0 Å². The van der Waals surface area contributed by atoms with Gasteiger partial charge in [0.2, 0.25) is 0 Å². The second-order valence-electron chi connectivity index (χ2n) is 3.56. The molecule has 0 aliphatic carbocycles. The van der Waals surface area contributed by atoms with Crippen molar-refractivity contribution in [2.45, 2.75) is 12.5 Å². The third-order valence-electron chi connectivity index (χ3n) is 2.39. The number of rotatable bonds is 2. The second kappa shape index (κ2) is 4.53. The van der Waals surface area contributed by atoms with Crippen molar-refractivity contribution < 1.29 is 9.13 Å². The normalized spacial score (nSPS) is 22.2. The molecule has 1 atom stereocenters. The van der Waals surface area contributed by atoms with Crippen LogP contribution in [0.2, 0.25) is 0 Å². The van der Waals surface area contributed by atoms with E-state index < -0.39 is 0 Å². The molecule has 1 aliphatic rings. The lowest BCUT2D eigenvalue weighted by atomic mass is 10.1. The van der Waals surface area contributed by atoms with Gasteiger partial charge in [0, 0.05) is 12.6 Å². The van der Waals surface area contributed by atoms with Crippen LogP contribution in [0.25, 0.3) is 0 Å². The summed E-state index contributed by atoms with van der Waals surface area (Å²) in [6.07, 6.45) is 0.903. The Labute approximate surface area is 83.1 Å². The number of benzene rings is 1. The summed E-state index contributed by atoms with van der Waals surface area (Å²) in [5.74, 6) is -0.179. The lowest BCUT2D eigenvalue weighted by Gasteiger charge is -2.23. The topological polar surface area (TPSA) is 21.3 Å². The maximum absolute atomic E-state index is 12.6. The molecule has 1 aromatic rings. The van der Waals surface area contributed by atoms with Crippen molar-refractivity contribution >= 4 is 0 Å². The van der Waals surface area contributed by atoms with Gasteiger partial charge in [-0.1, -0.05) is 12.1 Å². The van der Waals surface area contributed by atoms with E-state index in [1.165, 1.54) is 12.1 Å². The Morgan fingerprint density at radius 3 is 2.79 bits per heavy atom. The van der Waals surface area contributed by atoms with Crippen LogP contribution in [0.1, 0.15) is 5.56 Å². The van der Waals surface area contributed by atoms with Crippen molar-refractivity contribution in [3.63, 3.8) is 0 Å². The van der Waals surface area contributed by atoms with Crippen molar-refractivity contribution in [1.82, 2.24) is 5.32 Å². The van der Waals surface area contributed by atoms with Gasteiger partial charge in [-0.25, -0.2) is 4.39 Å². The Hall–Kier alpha value is -0.930. The first-order chi connectivity index (χ1) is 6.84. The van der Waals surface area contributed by atoms with Crippen LogP contribution in [0.15, 0.2) is 24.3 Å². The second-order valence-corrected chi connectivity index (χ2v) is 3.56. The molecular weight excluding hydrogens is 181 g/mol. The van der Waals surface area contributed by atoms with Crippen LogP contribution >= 0.6 is 0 Å². The molecule has 0 radical (unpaired) electrons. The Balaban J connectivity index is 1.92. The molecule has 0 amide bonds. The van der Waals surface area contributed by atoms with Crippen LogP contribution < -0.4 is 5.32 Å². The van der Waals surface area contributed by atoms with E-state index in [-0.39, 0.29) is 5.82 Å². The Kier molecular flexibility index (Phi) is 3.11. The molecule has 1 aromatic carbocycles. The standard InChI is InChI=1S/C11H14FNO/c12-10-3-1-9(2-4-10)7-11-8-14-6-5-13-11/h1-4,11,13H,5-8H2/t11-/m0/s1. The van der Waals surface area contributed by atoms with Gasteiger partial charge in [-0.15, -0.1) is 0 Å². The Bertz CT molecular complexity index is 280. The summed E-state index contributed by atoms with van der Waals surface area (Å²) in [4.78, 5) is 0. The zero-order valence-corrected chi connectivity index (χ0v) is 8.00. The summed E-state index contributed by atoms with van der Waals surface area (Å²) in [6.45, 7) is 2.45. The minimum Gasteiger partial charge on any atom is -0.379 e. The summed E-state index contributed by atoms with van der Waals surface area (Å²) < 4.78 is 18.0. The highest BCUT2D eigenvalue weighted by molar-refractivity contribution is 5.17. The van der Waals surface area contributed by atoms with Crippen LogP contribution in [-0.4, -0.2) is 25.8 Å². The van der Waals surface area contributed by atoms with Crippen LogP contribution in [0, 0.1) is 5.82 Å². The molecule has 0 saturated carbocycles. The number of hydrogen-bond donors (Lipinski definition) is 1. The summed E-state index contributed by atoms with van der Waals surface area (Å²) >= 11 is 0. The molecule has 0 bridgehead atoms. The van der Waals surface area contributed by atoms with E-state index in [1.54, 1.807) is 0 Å². The quantitative estimate of drug-likeness (QED) is 0.769. The van der Waals surface area contributed by atoms with Gasteiger partial charge in [-0.3, -0.25) is 0 Å². The van der Waals surface area contributed by atoms with Crippen molar-refractivity contribution in [1.29, 1.82) is 0 Å². The average Bonchev–Trinajstić information content (AvgIpc) is 2.23. The van der Waals surface area contributed by atoms with Gasteiger partial charge in [-0.2, -0.15) is 0 Å². The highest BCUT2D eigenvalue weighted by Gasteiger charge is 2.12. The Morgan fingerprint density at radius 2 is 2.14 bits per heavy atom. The number of halogens is 1. The van der Waals surface area contributed by atoms with Crippen molar-refractivity contribution in [2.24, 2.45) is 0 Å². The van der Waals surface area contributed by atoms with Crippen LogP contribution in [0.3, 0.4) is 0 Å². The molecule has 14 heavy (non-hydrogen) atoms. The molecule has 3 heteroatoms. The maximum Gasteiger partial charge on any atom is 0.123 e. The summed E-state index contributed by atoms with van der Waals surface area (Å²) in [6, 6.07) is 7.02. The minimum absolute atomic E-state index is 0.179. The molecule has 0 unspecified atom stereocenters. The van der Waals surface area contributed by atoms with Crippen molar-refractivity contribution in [3.05, 3.63) is 35.6 Å².